The zero-order chi connectivity index (χ0) is 14.1. The third-order valence-corrected chi connectivity index (χ3v) is 2.71. The van der Waals surface area contributed by atoms with E-state index in [2.05, 4.69) is 26.0 Å². The largest absolute Gasteiger partial charge is 0.481 e. The first-order valence-corrected chi connectivity index (χ1v) is 7.45. The summed E-state index contributed by atoms with van der Waals surface area (Å²) in [6.07, 6.45) is 18.6. The number of aliphatic carboxylic acids is 1. The molecule has 0 aromatic rings. The van der Waals surface area contributed by atoms with Crippen molar-refractivity contribution in [3.05, 3.63) is 12.2 Å². The summed E-state index contributed by atoms with van der Waals surface area (Å²) < 4.78 is 0. The van der Waals surface area contributed by atoms with Crippen LogP contribution in [0.5, 0.6) is 0 Å². The second kappa shape index (κ2) is 18.6. The lowest BCUT2D eigenvalue weighted by Crippen LogP contribution is -1.80. The van der Waals surface area contributed by atoms with E-state index in [1.165, 1.54) is 64.2 Å². The molecule has 1 N–H and O–H groups in total. The normalized spacial score (nSPS) is 10.2. The average Bonchev–Trinajstić information content (AvgIpc) is 2.31. The van der Waals surface area contributed by atoms with E-state index < -0.39 is 5.97 Å². The van der Waals surface area contributed by atoms with Crippen molar-refractivity contribution in [2.45, 2.75) is 85.0 Å². The second-order valence-electron chi connectivity index (χ2n) is 4.71. The Hall–Kier alpha value is -0.790. The Labute approximate surface area is 113 Å². The van der Waals surface area contributed by atoms with Crippen LogP contribution in [0.25, 0.3) is 0 Å². The van der Waals surface area contributed by atoms with Crippen LogP contribution in [0, 0.1) is 0 Å². The molecule has 2 nitrogen and oxygen atoms in total. The van der Waals surface area contributed by atoms with E-state index in [0.29, 0.717) is 0 Å². The molecule has 0 atom stereocenters. The zero-order valence-corrected chi connectivity index (χ0v) is 12.6. The molecule has 108 valence electrons. The van der Waals surface area contributed by atoms with Gasteiger partial charge in [-0.05, 0) is 19.8 Å². The number of carbonyl (C=O) groups is 1. The van der Waals surface area contributed by atoms with E-state index in [-0.39, 0.29) is 0 Å². The Morgan fingerprint density at radius 3 is 1.72 bits per heavy atom. The highest BCUT2D eigenvalue weighted by Crippen LogP contribution is 2.10. The number of carboxylic acid groups (broad SMARTS) is 1. The summed E-state index contributed by atoms with van der Waals surface area (Å²) in [7, 11) is 0. The molecule has 0 bridgehead atoms. The first-order chi connectivity index (χ1) is 8.65. The van der Waals surface area contributed by atoms with Crippen molar-refractivity contribution in [3.63, 3.8) is 0 Å². The molecule has 0 aliphatic heterocycles. The Morgan fingerprint density at radius 1 is 0.944 bits per heavy atom. The smallest absolute Gasteiger partial charge is 0.300 e. The van der Waals surface area contributed by atoms with Gasteiger partial charge < -0.3 is 5.11 Å². The lowest BCUT2D eigenvalue weighted by molar-refractivity contribution is -0.134. The highest BCUT2D eigenvalue weighted by Gasteiger charge is 1.90. The molecule has 0 saturated heterocycles. The molecule has 0 rings (SSSR count). The fraction of sp³-hybridized carbons (Fsp3) is 0.812. The average molecular weight is 256 g/mol. The van der Waals surface area contributed by atoms with E-state index in [1.54, 1.807) is 0 Å². The van der Waals surface area contributed by atoms with Crippen molar-refractivity contribution < 1.29 is 9.90 Å². The maximum atomic E-state index is 9.00. The lowest BCUT2D eigenvalue weighted by Gasteiger charge is -2.00. The molecular weight excluding hydrogens is 224 g/mol. The Morgan fingerprint density at radius 2 is 1.33 bits per heavy atom. The number of hydrogen-bond acceptors (Lipinski definition) is 1. The van der Waals surface area contributed by atoms with Crippen LogP contribution in [-0.2, 0) is 4.79 Å². The minimum Gasteiger partial charge on any atom is -0.481 e. The summed E-state index contributed by atoms with van der Waals surface area (Å²) in [4.78, 5) is 9.00. The van der Waals surface area contributed by atoms with Crippen molar-refractivity contribution in [2.75, 3.05) is 0 Å². The van der Waals surface area contributed by atoms with Gasteiger partial charge >= 0.3 is 0 Å². The molecule has 0 amide bonds. The van der Waals surface area contributed by atoms with Crippen molar-refractivity contribution in [2.24, 2.45) is 0 Å². The fourth-order valence-corrected chi connectivity index (χ4v) is 1.74. The van der Waals surface area contributed by atoms with Gasteiger partial charge in [0.1, 0.15) is 0 Å². The third kappa shape index (κ3) is 29.5. The monoisotopic (exact) mass is 256 g/mol. The minimum atomic E-state index is -0.833. The van der Waals surface area contributed by atoms with Crippen LogP contribution in [0.15, 0.2) is 12.2 Å². The van der Waals surface area contributed by atoms with Crippen molar-refractivity contribution in [1.82, 2.24) is 0 Å². The molecule has 0 fully saturated rings. The molecular formula is C16H32O2. The van der Waals surface area contributed by atoms with E-state index in [1.807, 2.05) is 0 Å². The van der Waals surface area contributed by atoms with Gasteiger partial charge in [0.15, 0.2) is 0 Å². The Kier molecular flexibility index (Phi) is 20.2. The SMILES string of the molecule is C/C=C\CCCCCCCCCCC.CC(=O)O. The molecule has 0 radical (unpaired) electrons. The first-order valence-electron chi connectivity index (χ1n) is 7.45. The van der Waals surface area contributed by atoms with Crippen LogP contribution < -0.4 is 0 Å². The number of hydrogen-bond donors (Lipinski definition) is 1. The van der Waals surface area contributed by atoms with Gasteiger partial charge in [0.25, 0.3) is 5.97 Å². The number of rotatable bonds is 10. The highest BCUT2D eigenvalue weighted by atomic mass is 16.4. The van der Waals surface area contributed by atoms with Crippen molar-refractivity contribution >= 4 is 5.97 Å². The molecule has 0 saturated carbocycles. The predicted octanol–water partition coefficient (Wildman–Crippen LogP) is 5.57. The molecule has 0 unspecified atom stereocenters. The summed E-state index contributed by atoms with van der Waals surface area (Å²) in [6.45, 7) is 5.47. The van der Waals surface area contributed by atoms with Crippen LogP contribution >= 0.6 is 0 Å². The maximum absolute atomic E-state index is 9.00. The summed E-state index contributed by atoms with van der Waals surface area (Å²) >= 11 is 0. The maximum Gasteiger partial charge on any atom is 0.300 e. The summed E-state index contributed by atoms with van der Waals surface area (Å²) in [5, 5.41) is 7.42. The summed E-state index contributed by atoms with van der Waals surface area (Å²) in [5.41, 5.74) is 0. The van der Waals surface area contributed by atoms with Crippen molar-refractivity contribution in [1.29, 1.82) is 0 Å². The molecule has 18 heavy (non-hydrogen) atoms. The fourth-order valence-electron chi connectivity index (χ4n) is 1.74. The summed E-state index contributed by atoms with van der Waals surface area (Å²) in [6, 6.07) is 0. The van der Waals surface area contributed by atoms with Gasteiger partial charge in [-0.3, -0.25) is 4.79 Å². The van der Waals surface area contributed by atoms with Crippen LogP contribution in [0.2, 0.25) is 0 Å². The highest BCUT2D eigenvalue weighted by molar-refractivity contribution is 5.62. The van der Waals surface area contributed by atoms with Gasteiger partial charge in [-0.15, -0.1) is 0 Å². The van der Waals surface area contributed by atoms with E-state index in [0.717, 1.165) is 6.92 Å². The van der Waals surface area contributed by atoms with Crippen LogP contribution in [0.4, 0.5) is 0 Å². The molecule has 0 aliphatic carbocycles. The lowest BCUT2D eigenvalue weighted by atomic mass is 10.1. The van der Waals surface area contributed by atoms with Gasteiger partial charge in [-0.1, -0.05) is 70.4 Å². The molecule has 0 aromatic carbocycles. The first kappa shape index (κ1) is 19.5. The number of carboxylic acids is 1. The topological polar surface area (TPSA) is 37.3 Å². The third-order valence-electron chi connectivity index (χ3n) is 2.71. The molecule has 0 spiro atoms. The van der Waals surface area contributed by atoms with E-state index >= 15 is 0 Å². The van der Waals surface area contributed by atoms with Gasteiger partial charge in [0.2, 0.25) is 0 Å². The van der Waals surface area contributed by atoms with Crippen LogP contribution in [-0.4, -0.2) is 11.1 Å². The standard InChI is InChI=1S/C14H28.C2H4O2/c1-3-5-7-9-11-13-14-12-10-8-6-4-2;1-2(3)4/h3,5H,4,6-14H2,1-2H3;1H3,(H,3,4)/b5-3-;. The van der Waals surface area contributed by atoms with Gasteiger partial charge in [0, 0.05) is 6.92 Å². The Bertz CT molecular complexity index is 182. The number of allylic oxidation sites excluding steroid dienone is 2. The molecule has 0 aromatic heterocycles. The minimum absolute atomic E-state index is 0.833. The second-order valence-corrected chi connectivity index (χ2v) is 4.71. The van der Waals surface area contributed by atoms with E-state index in [4.69, 9.17) is 9.90 Å². The van der Waals surface area contributed by atoms with Gasteiger partial charge in [-0.25, -0.2) is 0 Å². The van der Waals surface area contributed by atoms with Gasteiger partial charge in [0.05, 0.1) is 0 Å². The van der Waals surface area contributed by atoms with E-state index in [9.17, 15) is 0 Å². The van der Waals surface area contributed by atoms with Gasteiger partial charge in [-0.2, -0.15) is 0 Å². The zero-order valence-electron chi connectivity index (χ0n) is 12.6. The Balaban J connectivity index is 0. The van der Waals surface area contributed by atoms with Crippen LogP contribution in [0.1, 0.15) is 85.0 Å². The number of unbranched alkanes of at least 4 members (excludes halogenated alkanes) is 9. The molecule has 2 heteroatoms. The predicted molar refractivity (Wildman–Crippen MR) is 80.0 cm³/mol. The molecule has 0 aliphatic rings. The summed E-state index contributed by atoms with van der Waals surface area (Å²) in [5.74, 6) is -0.833. The molecule has 0 heterocycles. The van der Waals surface area contributed by atoms with Crippen LogP contribution in [0.3, 0.4) is 0 Å². The quantitative estimate of drug-likeness (QED) is 0.409. The van der Waals surface area contributed by atoms with Crippen molar-refractivity contribution in [3.8, 4) is 0 Å².